The number of ether oxygens (including phenoxy) is 2. The Kier molecular flexibility index (Phi) is 5.27. The quantitative estimate of drug-likeness (QED) is 0.848. The van der Waals surface area contributed by atoms with E-state index in [1.165, 1.54) is 5.56 Å². The van der Waals surface area contributed by atoms with Crippen LogP contribution in [0.3, 0.4) is 0 Å². The van der Waals surface area contributed by atoms with Gasteiger partial charge in [0.05, 0.1) is 5.56 Å². The van der Waals surface area contributed by atoms with Gasteiger partial charge in [-0.05, 0) is 38.5 Å². The fraction of sp³-hybridized carbons (Fsp3) is 0.476. The Bertz CT molecular complexity index is 871. The average Bonchev–Trinajstić information content (AvgIpc) is 3.15. The van der Waals surface area contributed by atoms with Gasteiger partial charge in [-0.15, -0.1) is 0 Å². The van der Waals surface area contributed by atoms with Gasteiger partial charge >= 0.3 is 0 Å². The van der Waals surface area contributed by atoms with Crippen LogP contribution in [0.4, 0.5) is 5.95 Å². The summed E-state index contributed by atoms with van der Waals surface area (Å²) >= 11 is 0. The summed E-state index contributed by atoms with van der Waals surface area (Å²) in [6.45, 7) is 10.3. The van der Waals surface area contributed by atoms with E-state index in [0.29, 0.717) is 24.6 Å². The molecular weight excluding hydrogens is 370 g/mol. The zero-order valence-electron chi connectivity index (χ0n) is 17.1. The Labute approximate surface area is 170 Å². The largest absolute Gasteiger partial charge is 0.454 e. The van der Waals surface area contributed by atoms with E-state index in [4.69, 9.17) is 9.47 Å². The van der Waals surface area contributed by atoms with Crippen LogP contribution in [-0.4, -0.2) is 64.2 Å². The monoisotopic (exact) mass is 397 g/mol. The molecule has 4 rings (SSSR count). The van der Waals surface area contributed by atoms with E-state index >= 15 is 0 Å². The number of piperazine rings is 1. The van der Waals surface area contributed by atoms with Crippen LogP contribution in [0.1, 0.15) is 36.7 Å². The van der Waals surface area contributed by atoms with Gasteiger partial charge in [0.1, 0.15) is 0 Å². The highest BCUT2D eigenvalue weighted by atomic mass is 16.7. The third kappa shape index (κ3) is 4.76. The maximum atomic E-state index is 12.8. The lowest BCUT2D eigenvalue weighted by Crippen LogP contribution is -2.48. The summed E-state index contributed by atoms with van der Waals surface area (Å²) in [4.78, 5) is 25.5. The number of fused-ring (bicyclic) bond motifs is 1. The molecule has 1 aromatic carbocycles. The minimum absolute atomic E-state index is 0.0185. The maximum absolute atomic E-state index is 12.8. The standard InChI is InChI=1S/C21H27N5O3/c1-21(2,3)24-20-22-11-16(12-23-20)19(27)26-8-6-25(7-9-26)13-15-4-5-17-18(10-15)29-14-28-17/h4-5,10-12H,6-9,13-14H2,1-3H3,(H,22,23,24). The number of hydrogen-bond donors (Lipinski definition) is 1. The molecule has 8 heteroatoms. The minimum Gasteiger partial charge on any atom is -0.454 e. The van der Waals surface area contributed by atoms with Crippen LogP contribution in [0.15, 0.2) is 30.6 Å². The Morgan fingerprint density at radius 1 is 1.07 bits per heavy atom. The summed E-state index contributed by atoms with van der Waals surface area (Å²) < 4.78 is 10.8. The van der Waals surface area contributed by atoms with E-state index in [9.17, 15) is 4.79 Å². The number of carbonyl (C=O) groups excluding carboxylic acids is 1. The first kappa shape index (κ1) is 19.4. The molecule has 1 N–H and O–H groups in total. The number of anilines is 1. The van der Waals surface area contributed by atoms with Gasteiger partial charge in [-0.1, -0.05) is 6.07 Å². The summed E-state index contributed by atoms with van der Waals surface area (Å²) in [5.41, 5.74) is 1.58. The number of nitrogens with one attached hydrogen (secondary N) is 1. The van der Waals surface area contributed by atoms with Crippen LogP contribution in [0.25, 0.3) is 0 Å². The Hall–Kier alpha value is -2.87. The van der Waals surface area contributed by atoms with Crippen LogP contribution < -0.4 is 14.8 Å². The fourth-order valence-corrected chi connectivity index (χ4v) is 3.43. The van der Waals surface area contributed by atoms with Crippen molar-refractivity contribution in [2.24, 2.45) is 0 Å². The van der Waals surface area contributed by atoms with Crippen molar-refractivity contribution in [1.29, 1.82) is 0 Å². The van der Waals surface area contributed by atoms with E-state index in [-0.39, 0.29) is 18.2 Å². The second-order valence-corrected chi connectivity index (χ2v) is 8.43. The van der Waals surface area contributed by atoms with Gasteiger partial charge < -0.3 is 19.7 Å². The van der Waals surface area contributed by atoms with Crippen molar-refractivity contribution in [2.75, 3.05) is 38.3 Å². The van der Waals surface area contributed by atoms with E-state index in [2.05, 4.69) is 26.3 Å². The van der Waals surface area contributed by atoms with Crippen LogP contribution in [-0.2, 0) is 6.54 Å². The second-order valence-electron chi connectivity index (χ2n) is 8.43. The topological polar surface area (TPSA) is 79.8 Å². The van der Waals surface area contributed by atoms with Gasteiger partial charge in [0, 0.05) is 50.7 Å². The lowest BCUT2D eigenvalue weighted by molar-refractivity contribution is 0.0627. The van der Waals surface area contributed by atoms with Crippen LogP contribution in [0.5, 0.6) is 11.5 Å². The van der Waals surface area contributed by atoms with Gasteiger partial charge in [0.15, 0.2) is 11.5 Å². The molecule has 0 bridgehead atoms. The van der Waals surface area contributed by atoms with E-state index in [1.807, 2.05) is 37.8 Å². The first-order chi connectivity index (χ1) is 13.9. The summed E-state index contributed by atoms with van der Waals surface area (Å²) in [5.74, 6) is 2.12. The molecule has 1 saturated heterocycles. The van der Waals surface area contributed by atoms with Crippen molar-refractivity contribution in [2.45, 2.75) is 32.9 Å². The van der Waals surface area contributed by atoms with Crippen molar-refractivity contribution in [3.8, 4) is 11.5 Å². The molecule has 0 unspecified atom stereocenters. The van der Waals surface area contributed by atoms with E-state index < -0.39 is 0 Å². The summed E-state index contributed by atoms with van der Waals surface area (Å²) in [5, 5.41) is 3.20. The van der Waals surface area contributed by atoms with E-state index in [1.54, 1.807) is 12.4 Å². The zero-order valence-corrected chi connectivity index (χ0v) is 17.1. The first-order valence-electron chi connectivity index (χ1n) is 9.88. The average molecular weight is 397 g/mol. The molecule has 154 valence electrons. The third-order valence-corrected chi connectivity index (χ3v) is 4.89. The number of carbonyl (C=O) groups is 1. The van der Waals surface area contributed by atoms with Crippen molar-refractivity contribution in [1.82, 2.24) is 19.8 Å². The molecule has 29 heavy (non-hydrogen) atoms. The molecule has 1 amide bonds. The SMILES string of the molecule is CC(C)(C)Nc1ncc(C(=O)N2CCN(Cc3ccc4c(c3)OCO4)CC2)cn1. The molecular formula is C21H27N5O3. The third-order valence-electron chi connectivity index (χ3n) is 4.89. The summed E-state index contributed by atoms with van der Waals surface area (Å²) in [7, 11) is 0. The molecule has 2 aliphatic heterocycles. The van der Waals surface area contributed by atoms with Crippen molar-refractivity contribution >= 4 is 11.9 Å². The lowest BCUT2D eigenvalue weighted by Gasteiger charge is -2.34. The van der Waals surface area contributed by atoms with Gasteiger partial charge in [0.25, 0.3) is 5.91 Å². The highest BCUT2D eigenvalue weighted by molar-refractivity contribution is 5.93. The van der Waals surface area contributed by atoms with Crippen LogP contribution in [0, 0.1) is 0 Å². The Morgan fingerprint density at radius 3 is 2.45 bits per heavy atom. The van der Waals surface area contributed by atoms with Gasteiger partial charge in [-0.2, -0.15) is 0 Å². The number of hydrogen-bond acceptors (Lipinski definition) is 7. The highest BCUT2D eigenvalue weighted by Gasteiger charge is 2.23. The molecule has 1 fully saturated rings. The second kappa shape index (κ2) is 7.87. The molecule has 0 atom stereocenters. The number of rotatable bonds is 4. The molecule has 3 heterocycles. The first-order valence-corrected chi connectivity index (χ1v) is 9.88. The van der Waals surface area contributed by atoms with E-state index in [0.717, 1.165) is 31.1 Å². The van der Waals surface area contributed by atoms with Gasteiger partial charge in [-0.3, -0.25) is 9.69 Å². The highest BCUT2D eigenvalue weighted by Crippen LogP contribution is 2.32. The van der Waals surface area contributed by atoms with Gasteiger partial charge in [0.2, 0.25) is 12.7 Å². The van der Waals surface area contributed by atoms with Gasteiger partial charge in [-0.25, -0.2) is 9.97 Å². The molecule has 0 saturated carbocycles. The molecule has 1 aromatic heterocycles. The van der Waals surface area contributed by atoms with Crippen LogP contribution >= 0.6 is 0 Å². The number of nitrogens with zero attached hydrogens (tertiary/aromatic N) is 4. The molecule has 2 aromatic rings. The molecule has 0 radical (unpaired) electrons. The number of aromatic nitrogens is 2. The molecule has 8 nitrogen and oxygen atoms in total. The number of benzene rings is 1. The predicted octanol–water partition coefficient (Wildman–Crippen LogP) is 2.37. The molecule has 0 spiro atoms. The van der Waals surface area contributed by atoms with Crippen molar-refractivity contribution in [3.05, 3.63) is 41.7 Å². The van der Waals surface area contributed by atoms with Crippen molar-refractivity contribution < 1.29 is 14.3 Å². The zero-order chi connectivity index (χ0) is 20.4. The molecule has 0 aliphatic carbocycles. The maximum Gasteiger partial charge on any atom is 0.257 e. The predicted molar refractivity (Wildman–Crippen MR) is 109 cm³/mol. The summed E-state index contributed by atoms with van der Waals surface area (Å²) in [6.07, 6.45) is 3.20. The normalized spacial score (nSPS) is 16.7. The van der Waals surface area contributed by atoms with Crippen LogP contribution in [0.2, 0.25) is 0 Å². The Morgan fingerprint density at radius 2 is 1.76 bits per heavy atom. The number of amides is 1. The fourth-order valence-electron chi connectivity index (χ4n) is 3.43. The minimum atomic E-state index is -0.125. The smallest absolute Gasteiger partial charge is 0.257 e. The summed E-state index contributed by atoms with van der Waals surface area (Å²) in [6, 6.07) is 6.05. The van der Waals surface area contributed by atoms with Crippen molar-refractivity contribution in [3.63, 3.8) is 0 Å². The molecule has 2 aliphatic rings. The lowest BCUT2D eigenvalue weighted by atomic mass is 10.1. The Balaban J connectivity index is 1.30.